The molecule has 0 saturated carbocycles. The maximum Gasteiger partial charge on any atom is 0.131 e. The summed E-state index contributed by atoms with van der Waals surface area (Å²) in [5.74, 6) is -0.194. The van der Waals surface area contributed by atoms with E-state index in [-0.39, 0.29) is 5.82 Å². The van der Waals surface area contributed by atoms with Crippen molar-refractivity contribution in [2.24, 2.45) is 0 Å². The molecular weight excluding hydrogens is 263 g/mol. The van der Waals surface area contributed by atoms with Crippen LogP contribution in [0.2, 0.25) is 5.15 Å². The van der Waals surface area contributed by atoms with E-state index < -0.39 is 0 Å². The zero-order valence-electron chi connectivity index (χ0n) is 10.4. The smallest absolute Gasteiger partial charge is 0.131 e. The van der Waals surface area contributed by atoms with Crippen molar-refractivity contribution in [2.75, 3.05) is 11.4 Å². The van der Waals surface area contributed by atoms with Crippen LogP contribution in [-0.4, -0.2) is 11.5 Å². The molecule has 1 aliphatic heterocycles. The predicted octanol–water partition coefficient (Wildman–Crippen LogP) is 4.22. The Morgan fingerprint density at radius 1 is 1.21 bits per heavy atom. The molecule has 3 rings (SSSR count). The first-order chi connectivity index (χ1) is 9.24. The van der Waals surface area contributed by atoms with Crippen LogP contribution >= 0.6 is 11.6 Å². The maximum absolute atomic E-state index is 13.0. The van der Waals surface area contributed by atoms with Gasteiger partial charge in [-0.15, -0.1) is 0 Å². The molecule has 0 N–H and O–H groups in total. The van der Waals surface area contributed by atoms with Crippen LogP contribution in [0.15, 0.2) is 42.6 Å². The molecule has 0 spiro atoms. The molecule has 19 heavy (non-hydrogen) atoms. The van der Waals surface area contributed by atoms with Gasteiger partial charge in [-0.25, -0.2) is 9.37 Å². The number of benzene rings is 1. The second kappa shape index (κ2) is 5.17. The highest BCUT2D eigenvalue weighted by molar-refractivity contribution is 6.29. The van der Waals surface area contributed by atoms with Crippen molar-refractivity contribution < 1.29 is 4.39 Å². The Labute approximate surface area is 116 Å². The number of hydrogen-bond donors (Lipinski definition) is 0. The molecule has 1 fully saturated rings. The summed E-state index contributed by atoms with van der Waals surface area (Å²) in [7, 11) is 0. The Morgan fingerprint density at radius 3 is 2.74 bits per heavy atom. The molecule has 1 saturated heterocycles. The molecule has 1 unspecified atom stereocenters. The third-order valence-electron chi connectivity index (χ3n) is 3.55. The normalized spacial score (nSPS) is 18.8. The number of aromatic nitrogens is 1. The minimum absolute atomic E-state index is 0.194. The summed E-state index contributed by atoms with van der Waals surface area (Å²) in [6, 6.07) is 10.9. The standard InChI is InChI=1S/C15H14ClFN2/c16-15-10-13(7-8-18-15)19-9-1-2-14(19)11-3-5-12(17)6-4-11/h3-8,10,14H,1-2,9H2. The molecular formula is C15H14ClFN2. The van der Waals surface area contributed by atoms with Gasteiger partial charge >= 0.3 is 0 Å². The van der Waals surface area contributed by atoms with Gasteiger partial charge < -0.3 is 4.90 Å². The maximum atomic E-state index is 13.0. The van der Waals surface area contributed by atoms with Gasteiger partial charge in [-0.1, -0.05) is 23.7 Å². The summed E-state index contributed by atoms with van der Waals surface area (Å²) in [5.41, 5.74) is 2.22. The van der Waals surface area contributed by atoms with Crippen LogP contribution in [0.25, 0.3) is 0 Å². The second-order valence-electron chi connectivity index (χ2n) is 4.74. The fourth-order valence-corrected chi connectivity index (χ4v) is 2.85. The van der Waals surface area contributed by atoms with Gasteiger partial charge in [0.2, 0.25) is 0 Å². The molecule has 1 aromatic carbocycles. The van der Waals surface area contributed by atoms with Crippen LogP contribution in [-0.2, 0) is 0 Å². The molecule has 2 nitrogen and oxygen atoms in total. The van der Waals surface area contributed by atoms with Crippen molar-refractivity contribution in [3.8, 4) is 0 Å². The van der Waals surface area contributed by atoms with Crippen molar-refractivity contribution in [3.05, 3.63) is 59.1 Å². The summed E-state index contributed by atoms with van der Waals surface area (Å²) in [4.78, 5) is 6.32. The summed E-state index contributed by atoms with van der Waals surface area (Å²) in [5, 5.41) is 0.502. The van der Waals surface area contributed by atoms with Crippen LogP contribution in [0, 0.1) is 5.82 Å². The summed E-state index contributed by atoms with van der Waals surface area (Å²) in [6.45, 7) is 0.988. The summed E-state index contributed by atoms with van der Waals surface area (Å²) in [6.07, 6.45) is 3.92. The van der Waals surface area contributed by atoms with Crippen LogP contribution in [0.4, 0.5) is 10.1 Å². The summed E-state index contributed by atoms with van der Waals surface area (Å²) >= 11 is 5.95. The highest BCUT2D eigenvalue weighted by atomic mass is 35.5. The van der Waals surface area contributed by atoms with E-state index in [0.717, 1.165) is 30.6 Å². The number of anilines is 1. The lowest BCUT2D eigenvalue weighted by Gasteiger charge is -2.27. The molecule has 2 heterocycles. The Hall–Kier alpha value is -1.61. The Balaban J connectivity index is 1.91. The van der Waals surface area contributed by atoms with Gasteiger partial charge in [-0.05, 0) is 42.7 Å². The number of halogens is 2. The third-order valence-corrected chi connectivity index (χ3v) is 3.76. The van der Waals surface area contributed by atoms with E-state index in [9.17, 15) is 4.39 Å². The zero-order valence-corrected chi connectivity index (χ0v) is 11.1. The molecule has 0 radical (unpaired) electrons. The number of pyridine rings is 1. The van der Waals surface area contributed by atoms with E-state index in [4.69, 9.17) is 11.6 Å². The largest absolute Gasteiger partial charge is 0.364 e. The van der Waals surface area contributed by atoms with Gasteiger partial charge in [0, 0.05) is 18.4 Å². The Morgan fingerprint density at radius 2 is 2.00 bits per heavy atom. The zero-order chi connectivity index (χ0) is 13.2. The summed E-state index contributed by atoms with van der Waals surface area (Å²) < 4.78 is 13.0. The highest BCUT2D eigenvalue weighted by Crippen LogP contribution is 2.36. The average molecular weight is 277 g/mol. The highest BCUT2D eigenvalue weighted by Gasteiger charge is 2.26. The van der Waals surface area contributed by atoms with Crippen molar-refractivity contribution in [1.82, 2.24) is 4.98 Å². The monoisotopic (exact) mass is 276 g/mol. The van der Waals surface area contributed by atoms with Crippen LogP contribution in [0.3, 0.4) is 0 Å². The van der Waals surface area contributed by atoms with E-state index in [1.54, 1.807) is 6.20 Å². The number of rotatable bonds is 2. The van der Waals surface area contributed by atoms with Gasteiger partial charge in [-0.3, -0.25) is 0 Å². The fraction of sp³-hybridized carbons (Fsp3) is 0.267. The lowest BCUT2D eigenvalue weighted by Crippen LogP contribution is -2.22. The quantitative estimate of drug-likeness (QED) is 0.764. The molecule has 0 amide bonds. The van der Waals surface area contributed by atoms with E-state index in [0.29, 0.717) is 11.2 Å². The second-order valence-corrected chi connectivity index (χ2v) is 5.13. The van der Waals surface area contributed by atoms with Gasteiger partial charge in [-0.2, -0.15) is 0 Å². The van der Waals surface area contributed by atoms with E-state index >= 15 is 0 Å². The predicted molar refractivity (Wildman–Crippen MR) is 75.0 cm³/mol. The topological polar surface area (TPSA) is 16.1 Å². The minimum Gasteiger partial charge on any atom is -0.364 e. The van der Waals surface area contributed by atoms with Crippen molar-refractivity contribution in [1.29, 1.82) is 0 Å². The van der Waals surface area contributed by atoms with E-state index in [2.05, 4.69) is 9.88 Å². The van der Waals surface area contributed by atoms with E-state index in [1.165, 1.54) is 12.1 Å². The third kappa shape index (κ3) is 2.56. The molecule has 0 bridgehead atoms. The van der Waals surface area contributed by atoms with Crippen LogP contribution < -0.4 is 4.90 Å². The van der Waals surface area contributed by atoms with Crippen molar-refractivity contribution >= 4 is 17.3 Å². The molecule has 1 aliphatic rings. The van der Waals surface area contributed by atoms with Crippen molar-refractivity contribution in [2.45, 2.75) is 18.9 Å². The number of nitrogens with zero attached hydrogens (tertiary/aromatic N) is 2. The molecule has 1 aromatic heterocycles. The van der Waals surface area contributed by atoms with E-state index in [1.807, 2.05) is 24.3 Å². The minimum atomic E-state index is -0.194. The number of hydrogen-bond acceptors (Lipinski definition) is 2. The van der Waals surface area contributed by atoms with Crippen LogP contribution in [0.5, 0.6) is 0 Å². The van der Waals surface area contributed by atoms with Gasteiger partial charge in [0.1, 0.15) is 11.0 Å². The Bertz CT molecular complexity index is 571. The molecule has 98 valence electrons. The molecule has 4 heteroatoms. The Kier molecular flexibility index (Phi) is 3.38. The van der Waals surface area contributed by atoms with Crippen LogP contribution in [0.1, 0.15) is 24.4 Å². The fourth-order valence-electron chi connectivity index (χ4n) is 2.68. The van der Waals surface area contributed by atoms with Gasteiger partial charge in [0.15, 0.2) is 0 Å². The lowest BCUT2D eigenvalue weighted by molar-refractivity contribution is 0.624. The van der Waals surface area contributed by atoms with Gasteiger partial charge in [0.25, 0.3) is 0 Å². The lowest BCUT2D eigenvalue weighted by atomic mass is 10.0. The molecule has 0 aliphatic carbocycles. The molecule has 2 aromatic rings. The average Bonchev–Trinajstić information content (AvgIpc) is 2.89. The first kappa shape index (κ1) is 12.4. The first-order valence-electron chi connectivity index (χ1n) is 6.38. The first-order valence-corrected chi connectivity index (χ1v) is 6.75. The molecule has 1 atom stereocenters. The van der Waals surface area contributed by atoms with Crippen molar-refractivity contribution in [3.63, 3.8) is 0 Å². The SMILES string of the molecule is Fc1ccc(C2CCCN2c2ccnc(Cl)c2)cc1. The van der Waals surface area contributed by atoms with Gasteiger partial charge in [0.05, 0.1) is 6.04 Å².